The first kappa shape index (κ1) is 13.6. The molecule has 0 aliphatic rings. The lowest BCUT2D eigenvalue weighted by Crippen LogP contribution is -2.19. The van der Waals surface area contributed by atoms with Crippen LogP contribution in [0.5, 0.6) is 0 Å². The molecule has 2 aromatic rings. The van der Waals surface area contributed by atoms with Gasteiger partial charge in [0.2, 0.25) is 0 Å². The summed E-state index contributed by atoms with van der Waals surface area (Å²) < 4.78 is 0. The summed E-state index contributed by atoms with van der Waals surface area (Å²) in [6.45, 7) is 5.56. The van der Waals surface area contributed by atoms with Crippen LogP contribution in [0.15, 0.2) is 36.5 Å². The summed E-state index contributed by atoms with van der Waals surface area (Å²) in [7, 11) is 2.10. The van der Waals surface area contributed by atoms with Gasteiger partial charge in [0, 0.05) is 32.0 Å². The second-order valence-electron chi connectivity index (χ2n) is 5.02. The highest BCUT2D eigenvalue weighted by atomic mass is 15.1. The largest absolute Gasteiger partial charge is 0.370 e. The summed E-state index contributed by atoms with van der Waals surface area (Å²) >= 11 is 0. The number of rotatable bonds is 4. The van der Waals surface area contributed by atoms with Gasteiger partial charge in [-0.1, -0.05) is 12.1 Å². The molecule has 0 atom stereocenters. The van der Waals surface area contributed by atoms with E-state index in [1.807, 2.05) is 6.07 Å². The maximum absolute atomic E-state index is 5.73. The number of nitrogens with two attached hydrogens (primary N) is 1. The van der Waals surface area contributed by atoms with Crippen LogP contribution in [0.1, 0.15) is 22.4 Å². The third-order valence-electron chi connectivity index (χ3n) is 3.23. The van der Waals surface area contributed by atoms with Crippen molar-refractivity contribution in [2.24, 2.45) is 5.73 Å². The average Bonchev–Trinajstić information content (AvgIpc) is 2.38. The number of nitrogens with zero attached hydrogens (tertiary/aromatic N) is 2. The summed E-state index contributed by atoms with van der Waals surface area (Å²) in [5.41, 5.74) is 11.7. The molecule has 0 radical (unpaired) electrons. The van der Waals surface area contributed by atoms with Crippen LogP contribution >= 0.6 is 0 Å². The van der Waals surface area contributed by atoms with Gasteiger partial charge in [0.25, 0.3) is 0 Å². The first-order valence-corrected chi connectivity index (χ1v) is 6.52. The Balaban J connectivity index is 2.22. The molecule has 3 nitrogen and oxygen atoms in total. The zero-order valence-corrected chi connectivity index (χ0v) is 11.9. The maximum Gasteiger partial charge on any atom is 0.0589 e. The van der Waals surface area contributed by atoms with Crippen LogP contribution in [-0.4, -0.2) is 12.0 Å². The van der Waals surface area contributed by atoms with Gasteiger partial charge in [0.1, 0.15) is 0 Å². The molecule has 3 heteroatoms. The van der Waals surface area contributed by atoms with Crippen LogP contribution in [0, 0.1) is 13.8 Å². The van der Waals surface area contributed by atoms with Crippen LogP contribution in [0.3, 0.4) is 0 Å². The molecule has 2 N–H and O–H groups in total. The van der Waals surface area contributed by atoms with E-state index in [0.717, 1.165) is 12.2 Å². The van der Waals surface area contributed by atoms with Crippen molar-refractivity contribution >= 4 is 5.69 Å². The van der Waals surface area contributed by atoms with E-state index in [-0.39, 0.29) is 0 Å². The van der Waals surface area contributed by atoms with E-state index < -0.39 is 0 Å². The fourth-order valence-corrected chi connectivity index (χ4v) is 2.32. The van der Waals surface area contributed by atoms with Gasteiger partial charge in [-0.25, -0.2) is 0 Å². The van der Waals surface area contributed by atoms with Crippen molar-refractivity contribution in [1.82, 2.24) is 4.98 Å². The maximum atomic E-state index is 5.73. The molecule has 0 saturated carbocycles. The molecule has 0 unspecified atom stereocenters. The van der Waals surface area contributed by atoms with Crippen molar-refractivity contribution in [2.45, 2.75) is 26.9 Å². The predicted molar refractivity (Wildman–Crippen MR) is 80.2 cm³/mol. The van der Waals surface area contributed by atoms with Gasteiger partial charge in [-0.3, -0.25) is 4.98 Å². The quantitative estimate of drug-likeness (QED) is 0.913. The van der Waals surface area contributed by atoms with Gasteiger partial charge in [-0.05, 0) is 48.7 Å². The van der Waals surface area contributed by atoms with E-state index >= 15 is 0 Å². The average molecular weight is 255 g/mol. The number of benzene rings is 1. The highest BCUT2D eigenvalue weighted by Crippen LogP contribution is 2.20. The van der Waals surface area contributed by atoms with Crippen molar-refractivity contribution in [2.75, 3.05) is 11.9 Å². The Labute approximate surface area is 115 Å². The monoisotopic (exact) mass is 255 g/mol. The molecule has 1 aromatic heterocycles. The molecular formula is C16H21N3. The van der Waals surface area contributed by atoms with Crippen molar-refractivity contribution in [3.63, 3.8) is 0 Å². The second kappa shape index (κ2) is 5.85. The highest BCUT2D eigenvalue weighted by molar-refractivity contribution is 5.50. The van der Waals surface area contributed by atoms with Crippen LogP contribution in [-0.2, 0) is 13.1 Å². The molecule has 0 fully saturated rings. The lowest BCUT2D eigenvalue weighted by atomic mass is 10.1. The minimum Gasteiger partial charge on any atom is -0.370 e. The van der Waals surface area contributed by atoms with E-state index in [0.29, 0.717) is 6.54 Å². The van der Waals surface area contributed by atoms with Gasteiger partial charge in [0.05, 0.1) is 5.69 Å². The van der Waals surface area contributed by atoms with Crippen LogP contribution in [0.2, 0.25) is 0 Å². The molecule has 0 saturated heterocycles. The Kier molecular flexibility index (Phi) is 4.17. The third kappa shape index (κ3) is 3.32. The van der Waals surface area contributed by atoms with Crippen molar-refractivity contribution in [1.29, 1.82) is 0 Å². The number of aromatic nitrogens is 1. The summed E-state index contributed by atoms with van der Waals surface area (Å²) in [6, 6.07) is 10.6. The van der Waals surface area contributed by atoms with Crippen molar-refractivity contribution in [3.05, 3.63) is 58.9 Å². The Bertz CT molecular complexity index is 543. The summed E-state index contributed by atoms with van der Waals surface area (Å²) in [5, 5.41) is 0. The summed E-state index contributed by atoms with van der Waals surface area (Å²) in [5.74, 6) is 0. The zero-order valence-electron chi connectivity index (χ0n) is 11.9. The molecule has 19 heavy (non-hydrogen) atoms. The minimum atomic E-state index is 0.483. The van der Waals surface area contributed by atoms with E-state index in [1.54, 1.807) is 6.20 Å². The number of aryl methyl sites for hydroxylation is 2. The number of hydrogen-bond donors (Lipinski definition) is 1. The lowest BCUT2D eigenvalue weighted by molar-refractivity contribution is 0.867. The Morgan fingerprint density at radius 2 is 1.84 bits per heavy atom. The molecule has 0 amide bonds. The first-order chi connectivity index (χ1) is 9.10. The molecule has 0 bridgehead atoms. The predicted octanol–water partition coefficient (Wildman–Crippen LogP) is 2.79. The normalized spacial score (nSPS) is 10.5. The fourth-order valence-electron chi connectivity index (χ4n) is 2.32. The van der Waals surface area contributed by atoms with E-state index in [1.165, 1.54) is 22.4 Å². The van der Waals surface area contributed by atoms with Crippen molar-refractivity contribution in [3.8, 4) is 0 Å². The number of pyridine rings is 1. The Morgan fingerprint density at radius 1 is 1.16 bits per heavy atom. The molecule has 2 rings (SSSR count). The van der Waals surface area contributed by atoms with E-state index in [9.17, 15) is 0 Å². The molecule has 0 spiro atoms. The van der Waals surface area contributed by atoms with Gasteiger partial charge in [-0.15, -0.1) is 0 Å². The van der Waals surface area contributed by atoms with E-state index in [4.69, 9.17) is 5.73 Å². The van der Waals surface area contributed by atoms with Crippen molar-refractivity contribution < 1.29 is 0 Å². The zero-order chi connectivity index (χ0) is 13.8. The molecule has 100 valence electrons. The Morgan fingerprint density at radius 3 is 2.47 bits per heavy atom. The molecule has 0 aliphatic carbocycles. The topological polar surface area (TPSA) is 42.2 Å². The van der Waals surface area contributed by atoms with Gasteiger partial charge in [0.15, 0.2) is 0 Å². The molecule has 0 aliphatic heterocycles. The summed E-state index contributed by atoms with van der Waals surface area (Å²) in [6.07, 6.45) is 1.79. The lowest BCUT2D eigenvalue weighted by Gasteiger charge is -2.21. The van der Waals surface area contributed by atoms with Gasteiger partial charge < -0.3 is 10.6 Å². The van der Waals surface area contributed by atoms with Crippen LogP contribution in [0.25, 0.3) is 0 Å². The SMILES string of the molecule is Cc1cc(C)cc(N(C)Cc2cccnc2CN)c1. The highest BCUT2D eigenvalue weighted by Gasteiger charge is 2.07. The standard InChI is InChI=1S/C16H21N3/c1-12-7-13(2)9-15(8-12)19(3)11-14-5-4-6-18-16(14)10-17/h4-9H,10-11,17H2,1-3H3. The molecular weight excluding hydrogens is 234 g/mol. The molecule has 1 aromatic carbocycles. The minimum absolute atomic E-state index is 0.483. The Hall–Kier alpha value is -1.87. The molecule has 1 heterocycles. The number of hydrogen-bond acceptors (Lipinski definition) is 3. The number of anilines is 1. The van der Waals surface area contributed by atoms with Crippen LogP contribution < -0.4 is 10.6 Å². The van der Waals surface area contributed by atoms with Gasteiger partial charge >= 0.3 is 0 Å². The summed E-state index contributed by atoms with van der Waals surface area (Å²) in [4.78, 5) is 6.56. The first-order valence-electron chi connectivity index (χ1n) is 6.52. The van der Waals surface area contributed by atoms with E-state index in [2.05, 4.69) is 55.0 Å². The third-order valence-corrected chi connectivity index (χ3v) is 3.23. The second-order valence-corrected chi connectivity index (χ2v) is 5.02. The van der Waals surface area contributed by atoms with Crippen LogP contribution in [0.4, 0.5) is 5.69 Å². The smallest absolute Gasteiger partial charge is 0.0589 e. The fraction of sp³-hybridized carbons (Fsp3) is 0.312. The van der Waals surface area contributed by atoms with Gasteiger partial charge in [-0.2, -0.15) is 0 Å².